The van der Waals surface area contributed by atoms with Crippen molar-refractivity contribution in [3.05, 3.63) is 85.1 Å². The Balaban J connectivity index is 3.47. The number of aliphatic hydroxyl groups is 1. The molecule has 0 bridgehead atoms. The highest BCUT2D eigenvalue weighted by molar-refractivity contribution is 5.70. The van der Waals surface area contributed by atoms with E-state index in [1.165, 1.54) is 193 Å². The first-order chi connectivity index (χ1) is 35.1. The summed E-state index contributed by atoms with van der Waals surface area (Å²) in [6.45, 7) is 4.06. The molecular weight excluding hydrogens is 873 g/mol. The molecule has 0 aliphatic carbocycles. The smallest absolute Gasteiger partial charge is 0.306 e. The quantitative estimate of drug-likeness (QED) is 0.0373. The van der Waals surface area contributed by atoms with Gasteiger partial charge in [-0.3, -0.25) is 9.59 Å². The fourth-order valence-electron chi connectivity index (χ4n) is 8.89. The highest BCUT2D eigenvalue weighted by atomic mass is 16.6. The van der Waals surface area contributed by atoms with Gasteiger partial charge in [0.2, 0.25) is 0 Å². The number of esters is 2. The number of rotatable bonds is 56. The Morgan fingerprint density at radius 2 is 0.606 bits per heavy atom. The van der Waals surface area contributed by atoms with Gasteiger partial charge < -0.3 is 14.6 Å². The van der Waals surface area contributed by atoms with E-state index in [-0.39, 0.29) is 25.2 Å². The molecule has 0 amide bonds. The fraction of sp³-hybridized carbons (Fsp3) is 0.758. The van der Waals surface area contributed by atoms with Gasteiger partial charge in [-0.2, -0.15) is 0 Å². The number of aliphatic hydroxyl groups excluding tert-OH is 1. The van der Waals surface area contributed by atoms with Crippen LogP contribution in [0.4, 0.5) is 0 Å². The number of hydrogen-bond acceptors (Lipinski definition) is 5. The molecule has 0 aliphatic rings. The average Bonchev–Trinajstić information content (AvgIpc) is 3.37. The molecular formula is C66H116O5. The van der Waals surface area contributed by atoms with Crippen molar-refractivity contribution in [1.29, 1.82) is 0 Å². The second-order valence-corrected chi connectivity index (χ2v) is 20.4. The van der Waals surface area contributed by atoms with Crippen LogP contribution < -0.4 is 0 Å². The van der Waals surface area contributed by atoms with E-state index < -0.39 is 6.10 Å². The van der Waals surface area contributed by atoms with Crippen LogP contribution in [0.3, 0.4) is 0 Å². The SMILES string of the molecule is CC/C=C\C/C=C\C/C=C\C/C=C\C/C=C\C/C=C\C/C=C\CCCCCCCCCCCCCCCCCC(=O)OC(CO)COC(=O)CCCCCCCCCCCCCCCCCCCCCC. The van der Waals surface area contributed by atoms with E-state index in [0.717, 1.165) is 83.5 Å². The molecule has 0 saturated carbocycles. The zero-order valence-electron chi connectivity index (χ0n) is 47.0. The van der Waals surface area contributed by atoms with Crippen molar-refractivity contribution in [2.75, 3.05) is 13.2 Å². The van der Waals surface area contributed by atoms with Crippen LogP contribution in [0.5, 0.6) is 0 Å². The predicted molar refractivity (Wildman–Crippen MR) is 311 cm³/mol. The third kappa shape index (κ3) is 59.5. The first kappa shape index (κ1) is 68.1. The molecule has 0 radical (unpaired) electrons. The van der Waals surface area contributed by atoms with E-state index in [4.69, 9.17) is 9.47 Å². The third-order valence-electron chi connectivity index (χ3n) is 13.5. The van der Waals surface area contributed by atoms with Gasteiger partial charge in [-0.15, -0.1) is 0 Å². The maximum atomic E-state index is 12.3. The van der Waals surface area contributed by atoms with E-state index >= 15 is 0 Å². The number of unbranched alkanes of at least 4 members (excludes halogenated alkanes) is 34. The predicted octanol–water partition coefficient (Wildman–Crippen LogP) is 20.9. The lowest BCUT2D eigenvalue weighted by Crippen LogP contribution is -2.28. The molecule has 0 aromatic rings. The molecule has 410 valence electrons. The molecule has 1 N–H and O–H groups in total. The Labute approximate surface area is 441 Å². The van der Waals surface area contributed by atoms with E-state index in [1.807, 2.05) is 0 Å². The summed E-state index contributed by atoms with van der Waals surface area (Å²) in [4.78, 5) is 24.6. The second kappa shape index (κ2) is 61.4. The maximum absolute atomic E-state index is 12.3. The van der Waals surface area contributed by atoms with E-state index in [2.05, 4.69) is 98.9 Å². The molecule has 5 nitrogen and oxygen atoms in total. The summed E-state index contributed by atoms with van der Waals surface area (Å²) >= 11 is 0. The van der Waals surface area contributed by atoms with Crippen LogP contribution in [0, 0.1) is 0 Å². The minimum atomic E-state index is -0.773. The molecule has 0 heterocycles. The molecule has 0 aromatic heterocycles. The first-order valence-corrected chi connectivity index (χ1v) is 30.6. The van der Waals surface area contributed by atoms with Crippen molar-refractivity contribution < 1.29 is 24.2 Å². The lowest BCUT2D eigenvalue weighted by molar-refractivity contribution is -0.161. The van der Waals surface area contributed by atoms with E-state index in [9.17, 15) is 14.7 Å². The van der Waals surface area contributed by atoms with Gasteiger partial charge in [0.15, 0.2) is 6.10 Å². The Morgan fingerprint density at radius 3 is 0.915 bits per heavy atom. The monoisotopic (exact) mass is 989 g/mol. The zero-order chi connectivity index (χ0) is 51.3. The Hall–Kier alpha value is -2.92. The van der Waals surface area contributed by atoms with Gasteiger partial charge in [0, 0.05) is 12.8 Å². The summed E-state index contributed by atoms with van der Waals surface area (Å²) in [5.74, 6) is -0.578. The maximum Gasteiger partial charge on any atom is 0.306 e. The van der Waals surface area contributed by atoms with Crippen LogP contribution in [-0.4, -0.2) is 36.4 Å². The third-order valence-corrected chi connectivity index (χ3v) is 13.5. The highest BCUT2D eigenvalue weighted by Crippen LogP contribution is 2.17. The summed E-state index contributed by atoms with van der Waals surface area (Å²) in [6, 6.07) is 0. The fourth-order valence-corrected chi connectivity index (χ4v) is 8.89. The molecule has 0 aromatic carbocycles. The minimum absolute atomic E-state index is 0.0635. The normalized spacial score (nSPS) is 12.8. The summed E-state index contributed by atoms with van der Waals surface area (Å²) in [5, 5.41) is 9.67. The summed E-state index contributed by atoms with van der Waals surface area (Å²) in [5.41, 5.74) is 0. The molecule has 0 fully saturated rings. The van der Waals surface area contributed by atoms with Crippen molar-refractivity contribution in [1.82, 2.24) is 0 Å². The summed E-state index contributed by atoms with van der Waals surface area (Å²) < 4.78 is 10.7. The number of allylic oxidation sites excluding steroid dienone is 14. The molecule has 1 unspecified atom stereocenters. The lowest BCUT2D eigenvalue weighted by Gasteiger charge is -2.15. The molecule has 71 heavy (non-hydrogen) atoms. The van der Waals surface area contributed by atoms with E-state index in [1.54, 1.807) is 0 Å². The number of hydrogen-bond donors (Lipinski definition) is 1. The van der Waals surface area contributed by atoms with Gasteiger partial charge in [-0.1, -0.05) is 304 Å². The second-order valence-electron chi connectivity index (χ2n) is 20.4. The Morgan fingerprint density at radius 1 is 0.338 bits per heavy atom. The van der Waals surface area contributed by atoms with Crippen LogP contribution >= 0.6 is 0 Å². The van der Waals surface area contributed by atoms with E-state index in [0.29, 0.717) is 12.8 Å². The van der Waals surface area contributed by atoms with Crippen LogP contribution in [0.2, 0.25) is 0 Å². The van der Waals surface area contributed by atoms with Crippen LogP contribution in [0.15, 0.2) is 85.1 Å². The zero-order valence-corrected chi connectivity index (χ0v) is 47.0. The first-order valence-electron chi connectivity index (χ1n) is 30.6. The van der Waals surface area contributed by atoms with Crippen LogP contribution in [0.25, 0.3) is 0 Å². The van der Waals surface area contributed by atoms with Crippen molar-refractivity contribution in [3.8, 4) is 0 Å². The largest absolute Gasteiger partial charge is 0.462 e. The van der Waals surface area contributed by atoms with Gasteiger partial charge in [0.25, 0.3) is 0 Å². The van der Waals surface area contributed by atoms with Crippen molar-refractivity contribution in [2.45, 2.75) is 309 Å². The van der Waals surface area contributed by atoms with Crippen molar-refractivity contribution in [3.63, 3.8) is 0 Å². The van der Waals surface area contributed by atoms with Crippen LogP contribution in [-0.2, 0) is 19.1 Å². The molecule has 0 rings (SSSR count). The summed E-state index contributed by atoms with van der Waals surface area (Å²) in [6.07, 6.45) is 85.7. The number of carbonyl (C=O) groups is 2. The van der Waals surface area contributed by atoms with Gasteiger partial charge in [0.05, 0.1) is 6.61 Å². The minimum Gasteiger partial charge on any atom is -0.462 e. The molecule has 1 atom stereocenters. The van der Waals surface area contributed by atoms with Crippen molar-refractivity contribution >= 4 is 11.9 Å². The molecule has 5 heteroatoms. The highest BCUT2D eigenvalue weighted by Gasteiger charge is 2.16. The van der Waals surface area contributed by atoms with Gasteiger partial charge >= 0.3 is 11.9 Å². The standard InChI is InChI=1S/C66H116O5/c1-3-5-7-9-11-13-15-17-19-21-23-25-26-27-28-29-30-31-32-33-34-35-36-37-38-39-40-41-43-45-47-49-51-53-55-57-59-61-66(69)71-64(62-67)63-70-65(68)60-58-56-54-52-50-48-46-44-42-24-22-20-18-16-14-12-10-8-6-4-2/h5,7,11,13,17,19,23,25,27-28,30-31,33-34,64,67H,3-4,6,8-10,12,14-16,18,20-22,24,26,29,32,35-63H2,1-2H3/b7-5-,13-11-,19-17-,25-23-,28-27-,31-30-,34-33-. The van der Waals surface area contributed by atoms with Gasteiger partial charge in [0.1, 0.15) is 6.61 Å². The molecule has 0 aliphatic heterocycles. The Kier molecular flexibility index (Phi) is 58.9. The topological polar surface area (TPSA) is 72.8 Å². The van der Waals surface area contributed by atoms with Gasteiger partial charge in [-0.25, -0.2) is 0 Å². The molecule has 0 spiro atoms. The van der Waals surface area contributed by atoms with Crippen LogP contribution in [0.1, 0.15) is 303 Å². The Bertz CT molecular complexity index is 1300. The van der Waals surface area contributed by atoms with Crippen molar-refractivity contribution in [2.24, 2.45) is 0 Å². The number of carbonyl (C=O) groups excluding carboxylic acids is 2. The number of ether oxygens (including phenoxy) is 2. The summed E-state index contributed by atoms with van der Waals surface area (Å²) in [7, 11) is 0. The molecule has 0 saturated heterocycles. The lowest BCUT2D eigenvalue weighted by atomic mass is 10.0. The van der Waals surface area contributed by atoms with Gasteiger partial charge in [-0.05, 0) is 70.6 Å². The average molecular weight is 990 g/mol.